The Balaban J connectivity index is 1.61. The fourth-order valence-electron chi connectivity index (χ4n) is 3.77. The van der Waals surface area contributed by atoms with E-state index in [-0.39, 0.29) is 22.5 Å². The predicted octanol–water partition coefficient (Wildman–Crippen LogP) is 3.20. The molecule has 0 aliphatic heterocycles. The summed E-state index contributed by atoms with van der Waals surface area (Å²) < 4.78 is 41.1. The molecule has 196 valence electrons. The number of nitrogens with two attached hydrogens (primary N) is 1. The molecule has 0 bridgehead atoms. The zero-order valence-corrected chi connectivity index (χ0v) is 22.5. The molecule has 0 saturated carbocycles. The Morgan fingerprint density at radius 3 is 2.62 bits per heavy atom. The van der Waals surface area contributed by atoms with Crippen LogP contribution in [0, 0.1) is 0 Å². The van der Waals surface area contributed by atoms with E-state index in [1.54, 1.807) is 10.7 Å². The van der Waals surface area contributed by atoms with E-state index >= 15 is 0 Å². The molecule has 1 amide bonds. The molecule has 2 heterocycles. The van der Waals surface area contributed by atoms with Crippen LogP contribution in [0.3, 0.4) is 0 Å². The summed E-state index contributed by atoms with van der Waals surface area (Å²) in [6, 6.07) is 15.2. The standard InChI is InChI=1S/C24H26ClN5O5S2/c1-34-14-17(26)24(31)27-12-15-5-3-6-16(11-15)13-30-18-7-4-8-19(35-2)22(18)23(28-30)29-37(32,33)21-10-9-20(25)36-21/h3-11,17H,12-14,26H2,1-2H3,(H,27,31)(H,28,29). The van der Waals surface area contributed by atoms with Gasteiger partial charge >= 0.3 is 0 Å². The maximum absolute atomic E-state index is 13.0. The monoisotopic (exact) mass is 563 g/mol. The van der Waals surface area contributed by atoms with Gasteiger partial charge in [0, 0.05) is 13.7 Å². The number of nitrogens with one attached hydrogen (secondary N) is 2. The number of benzene rings is 2. The lowest BCUT2D eigenvalue weighted by atomic mass is 10.1. The summed E-state index contributed by atoms with van der Waals surface area (Å²) in [4.78, 5) is 12.1. The lowest BCUT2D eigenvalue weighted by Gasteiger charge is -2.12. The second kappa shape index (κ2) is 11.5. The number of sulfonamides is 1. The average molecular weight is 564 g/mol. The summed E-state index contributed by atoms with van der Waals surface area (Å²) in [5.41, 5.74) is 8.23. The first-order valence-electron chi connectivity index (χ1n) is 11.1. The third-order valence-corrected chi connectivity index (χ3v) is 8.54. The number of rotatable bonds is 11. The van der Waals surface area contributed by atoms with Crippen LogP contribution in [0.15, 0.2) is 58.8 Å². The summed E-state index contributed by atoms with van der Waals surface area (Å²) >= 11 is 6.90. The van der Waals surface area contributed by atoms with Crippen LogP contribution in [0.5, 0.6) is 5.75 Å². The lowest BCUT2D eigenvalue weighted by molar-refractivity contribution is -0.123. The van der Waals surface area contributed by atoms with Crippen molar-refractivity contribution in [3.8, 4) is 5.75 Å². The molecule has 37 heavy (non-hydrogen) atoms. The molecular weight excluding hydrogens is 538 g/mol. The maximum atomic E-state index is 13.0. The van der Waals surface area contributed by atoms with E-state index < -0.39 is 16.1 Å². The molecule has 4 aromatic rings. The van der Waals surface area contributed by atoms with Gasteiger partial charge in [0.25, 0.3) is 10.0 Å². The number of amides is 1. The smallest absolute Gasteiger partial charge is 0.272 e. The number of ether oxygens (including phenoxy) is 2. The van der Waals surface area contributed by atoms with Gasteiger partial charge in [0.15, 0.2) is 5.82 Å². The Labute approximate surface area is 223 Å². The van der Waals surface area contributed by atoms with Crippen molar-refractivity contribution in [2.24, 2.45) is 5.73 Å². The van der Waals surface area contributed by atoms with Crippen molar-refractivity contribution in [2.75, 3.05) is 25.5 Å². The van der Waals surface area contributed by atoms with E-state index in [9.17, 15) is 13.2 Å². The molecule has 0 aliphatic carbocycles. The number of thiophene rings is 1. The number of nitrogens with zero attached hydrogens (tertiary/aromatic N) is 2. The van der Waals surface area contributed by atoms with Gasteiger partial charge in [-0.15, -0.1) is 11.3 Å². The fourth-order valence-corrected chi connectivity index (χ4v) is 6.26. The van der Waals surface area contributed by atoms with Crippen molar-refractivity contribution < 1.29 is 22.7 Å². The van der Waals surface area contributed by atoms with Crippen molar-refractivity contribution in [3.63, 3.8) is 0 Å². The highest BCUT2D eigenvalue weighted by Crippen LogP contribution is 2.35. The molecule has 4 N–H and O–H groups in total. The first-order valence-corrected chi connectivity index (χ1v) is 13.8. The van der Waals surface area contributed by atoms with Gasteiger partial charge in [0.2, 0.25) is 5.91 Å². The number of fused-ring (bicyclic) bond motifs is 1. The molecule has 0 fully saturated rings. The number of hydrogen-bond acceptors (Lipinski definition) is 8. The van der Waals surface area contributed by atoms with Crippen LogP contribution in [0.4, 0.5) is 5.82 Å². The zero-order chi connectivity index (χ0) is 26.6. The predicted molar refractivity (Wildman–Crippen MR) is 144 cm³/mol. The van der Waals surface area contributed by atoms with Gasteiger partial charge in [-0.05, 0) is 35.4 Å². The normalized spacial score (nSPS) is 12.4. The van der Waals surface area contributed by atoms with Crippen molar-refractivity contribution >= 4 is 55.6 Å². The van der Waals surface area contributed by atoms with Gasteiger partial charge in [-0.3, -0.25) is 14.2 Å². The topological polar surface area (TPSA) is 138 Å². The minimum Gasteiger partial charge on any atom is -0.496 e. The number of carbonyl (C=O) groups is 1. The number of anilines is 1. The molecule has 13 heteroatoms. The molecule has 4 rings (SSSR count). The number of aromatic nitrogens is 2. The molecule has 1 atom stereocenters. The Kier molecular flexibility index (Phi) is 8.35. The fraction of sp³-hybridized carbons (Fsp3) is 0.250. The summed E-state index contributed by atoms with van der Waals surface area (Å²) in [5.74, 6) is 0.323. The van der Waals surface area contributed by atoms with Gasteiger partial charge in [-0.25, -0.2) is 8.42 Å². The first-order chi connectivity index (χ1) is 17.7. The average Bonchev–Trinajstić information content (AvgIpc) is 3.47. The van der Waals surface area contributed by atoms with Crippen LogP contribution >= 0.6 is 22.9 Å². The highest BCUT2D eigenvalue weighted by molar-refractivity contribution is 7.94. The molecule has 0 radical (unpaired) electrons. The van der Waals surface area contributed by atoms with Crippen molar-refractivity contribution in [3.05, 3.63) is 70.1 Å². The maximum Gasteiger partial charge on any atom is 0.272 e. The lowest BCUT2D eigenvalue weighted by Crippen LogP contribution is -2.43. The summed E-state index contributed by atoms with van der Waals surface area (Å²) in [7, 11) is -0.910. The number of halogens is 1. The van der Waals surface area contributed by atoms with E-state index in [2.05, 4.69) is 15.1 Å². The van der Waals surface area contributed by atoms with E-state index in [0.717, 1.165) is 22.5 Å². The highest BCUT2D eigenvalue weighted by Gasteiger charge is 2.23. The van der Waals surface area contributed by atoms with Crippen LogP contribution in [-0.4, -0.2) is 51.0 Å². The largest absolute Gasteiger partial charge is 0.496 e. The first kappa shape index (κ1) is 26.9. The van der Waals surface area contributed by atoms with Crippen LogP contribution in [0.1, 0.15) is 11.1 Å². The molecule has 10 nitrogen and oxygen atoms in total. The van der Waals surface area contributed by atoms with Crippen LogP contribution in [0.25, 0.3) is 10.9 Å². The van der Waals surface area contributed by atoms with Crippen LogP contribution in [-0.2, 0) is 32.6 Å². The second-order valence-corrected chi connectivity index (χ2v) is 11.7. The molecule has 0 saturated heterocycles. The van der Waals surface area contributed by atoms with Gasteiger partial charge in [0.1, 0.15) is 16.0 Å². The zero-order valence-electron chi connectivity index (χ0n) is 20.1. The van der Waals surface area contributed by atoms with Crippen LogP contribution < -0.4 is 20.5 Å². The molecule has 0 spiro atoms. The Morgan fingerprint density at radius 2 is 1.92 bits per heavy atom. The number of carbonyl (C=O) groups excluding carboxylic acids is 1. The molecular formula is C24H26ClN5O5S2. The molecule has 1 unspecified atom stereocenters. The van der Waals surface area contributed by atoms with E-state index in [1.807, 2.05) is 36.4 Å². The van der Waals surface area contributed by atoms with E-state index in [1.165, 1.54) is 26.4 Å². The minimum atomic E-state index is -3.91. The number of hydrogen-bond donors (Lipinski definition) is 3. The third-order valence-electron chi connectivity index (χ3n) is 5.48. The Morgan fingerprint density at radius 1 is 1.16 bits per heavy atom. The van der Waals surface area contributed by atoms with Gasteiger partial charge in [-0.1, -0.05) is 41.9 Å². The van der Waals surface area contributed by atoms with Crippen molar-refractivity contribution in [2.45, 2.75) is 23.3 Å². The summed E-state index contributed by atoms with van der Waals surface area (Å²) in [5, 5.41) is 7.91. The molecule has 2 aromatic carbocycles. The van der Waals surface area contributed by atoms with Crippen molar-refractivity contribution in [1.82, 2.24) is 15.1 Å². The minimum absolute atomic E-state index is 0.0788. The highest BCUT2D eigenvalue weighted by atomic mass is 35.5. The molecule has 0 aliphatic rings. The Hall–Kier alpha value is -3.16. The quantitative estimate of drug-likeness (QED) is 0.255. The van der Waals surface area contributed by atoms with Crippen molar-refractivity contribution in [1.29, 1.82) is 0 Å². The summed E-state index contributed by atoms with van der Waals surface area (Å²) in [6.45, 7) is 0.778. The SMILES string of the molecule is COCC(N)C(=O)NCc1cccc(Cn2nc(NS(=O)(=O)c3ccc(Cl)s3)c3c(OC)cccc32)c1. The van der Waals surface area contributed by atoms with E-state index in [0.29, 0.717) is 34.1 Å². The third kappa shape index (κ3) is 6.22. The van der Waals surface area contributed by atoms with E-state index in [4.69, 9.17) is 26.8 Å². The summed E-state index contributed by atoms with van der Waals surface area (Å²) in [6.07, 6.45) is 0. The van der Waals surface area contributed by atoms with Gasteiger partial charge in [0.05, 0.1) is 35.5 Å². The van der Waals surface area contributed by atoms with Gasteiger partial charge < -0.3 is 20.5 Å². The second-order valence-electron chi connectivity index (χ2n) is 8.12. The van der Waals surface area contributed by atoms with Crippen LogP contribution in [0.2, 0.25) is 4.34 Å². The molecule has 2 aromatic heterocycles. The number of methoxy groups -OCH3 is 2. The Bertz CT molecular complexity index is 1520. The van der Waals surface area contributed by atoms with Gasteiger partial charge in [-0.2, -0.15) is 5.10 Å².